The van der Waals surface area contributed by atoms with Crippen LogP contribution >= 0.6 is 15.9 Å². The van der Waals surface area contributed by atoms with Gasteiger partial charge in [-0.2, -0.15) is 0 Å². The molecule has 0 bridgehead atoms. The van der Waals surface area contributed by atoms with Crippen molar-refractivity contribution in [3.05, 3.63) is 28.2 Å². The average molecular weight is 273 g/mol. The van der Waals surface area contributed by atoms with Crippen LogP contribution in [0.1, 0.15) is 32.3 Å². The number of ether oxygens (including phenoxy) is 1. The van der Waals surface area contributed by atoms with Crippen molar-refractivity contribution in [3.8, 4) is 5.75 Å². The van der Waals surface area contributed by atoms with Gasteiger partial charge in [-0.25, -0.2) is 0 Å². The molecule has 1 N–H and O–H groups in total. The maximum Gasteiger partial charge on any atom is 0.122 e. The van der Waals surface area contributed by atoms with Gasteiger partial charge in [0.1, 0.15) is 12.4 Å². The molecule has 0 heterocycles. The number of halogens is 1. The topological polar surface area (TPSA) is 29.5 Å². The summed E-state index contributed by atoms with van der Waals surface area (Å²) in [7, 11) is 0. The third-order valence-electron chi connectivity index (χ3n) is 2.07. The van der Waals surface area contributed by atoms with Crippen molar-refractivity contribution >= 4 is 15.9 Å². The summed E-state index contributed by atoms with van der Waals surface area (Å²) in [4.78, 5) is 0. The number of hydrogen-bond acceptors (Lipinski definition) is 2. The monoisotopic (exact) mass is 272 g/mol. The lowest BCUT2D eigenvalue weighted by molar-refractivity contribution is 0.122. The maximum atomic E-state index is 9.16. The summed E-state index contributed by atoms with van der Waals surface area (Å²) >= 11 is 3.44. The van der Waals surface area contributed by atoms with Crippen LogP contribution in [0.3, 0.4) is 0 Å². The van der Waals surface area contributed by atoms with E-state index in [2.05, 4.69) is 35.8 Å². The van der Waals surface area contributed by atoms with E-state index in [1.54, 1.807) is 6.92 Å². The molecule has 84 valence electrons. The standard InChI is InChI=1S/C12H17BrO2/c1-8(2)11-6-10(13)4-5-12(11)15-7-9(3)14/h4-6,8-9,14H,7H2,1-3H3/t9-/m0/s1. The molecule has 0 aromatic heterocycles. The minimum absolute atomic E-state index is 0.335. The van der Waals surface area contributed by atoms with Crippen molar-refractivity contribution in [2.75, 3.05) is 6.61 Å². The van der Waals surface area contributed by atoms with Crippen LogP contribution in [0.15, 0.2) is 22.7 Å². The summed E-state index contributed by atoms with van der Waals surface area (Å²) in [5, 5.41) is 9.16. The van der Waals surface area contributed by atoms with E-state index in [9.17, 15) is 0 Å². The molecule has 1 rings (SSSR count). The number of benzene rings is 1. The molecule has 0 fully saturated rings. The van der Waals surface area contributed by atoms with E-state index < -0.39 is 6.10 Å². The molecule has 0 radical (unpaired) electrons. The summed E-state index contributed by atoms with van der Waals surface area (Å²) in [6.45, 7) is 6.29. The van der Waals surface area contributed by atoms with Crippen molar-refractivity contribution in [2.24, 2.45) is 0 Å². The summed E-state index contributed by atoms with van der Waals surface area (Å²) < 4.78 is 6.60. The van der Waals surface area contributed by atoms with E-state index >= 15 is 0 Å². The summed E-state index contributed by atoms with van der Waals surface area (Å²) in [6, 6.07) is 5.94. The minimum Gasteiger partial charge on any atom is -0.491 e. The van der Waals surface area contributed by atoms with Gasteiger partial charge in [-0.1, -0.05) is 29.8 Å². The van der Waals surface area contributed by atoms with Gasteiger partial charge in [0.15, 0.2) is 0 Å². The second kappa shape index (κ2) is 5.52. The minimum atomic E-state index is -0.436. The first-order valence-corrected chi connectivity index (χ1v) is 5.90. The second-order valence-electron chi connectivity index (χ2n) is 4.00. The van der Waals surface area contributed by atoms with Crippen molar-refractivity contribution in [1.29, 1.82) is 0 Å². The molecule has 1 aromatic rings. The predicted molar refractivity (Wildman–Crippen MR) is 65.4 cm³/mol. The SMILES string of the molecule is CC(C)c1cc(Br)ccc1OC[C@H](C)O. The van der Waals surface area contributed by atoms with E-state index in [0.29, 0.717) is 12.5 Å². The molecular weight excluding hydrogens is 256 g/mol. The zero-order chi connectivity index (χ0) is 11.4. The van der Waals surface area contributed by atoms with Crippen molar-refractivity contribution < 1.29 is 9.84 Å². The van der Waals surface area contributed by atoms with E-state index in [1.807, 2.05) is 12.1 Å². The van der Waals surface area contributed by atoms with Crippen molar-refractivity contribution in [3.63, 3.8) is 0 Å². The Bertz CT molecular complexity index is 321. The zero-order valence-corrected chi connectivity index (χ0v) is 10.9. The molecule has 0 amide bonds. The quantitative estimate of drug-likeness (QED) is 0.911. The van der Waals surface area contributed by atoms with Crippen LogP contribution in [-0.2, 0) is 0 Å². The Morgan fingerprint density at radius 3 is 2.53 bits per heavy atom. The second-order valence-corrected chi connectivity index (χ2v) is 4.91. The van der Waals surface area contributed by atoms with E-state index in [0.717, 1.165) is 15.8 Å². The molecule has 0 saturated heterocycles. The van der Waals surface area contributed by atoms with Crippen molar-refractivity contribution in [2.45, 2.75) is 32.8 Å². The first-order valence-electron chi connectivity index (χ1n) is 5.11. The molecule has 0 aliphatic heterocycles. The highest BCUT2D eigenvalue weighted by Crippen LogP contribution is 2.29. The van der Waals surface area contributed by atoms with Crippen molar-refractivity contribution in [1.82, 2.24) is 0 Å². The Balaban J connectivity index is 2.86. The van der Waals surface area contributed by atoms with Crippen LogP contribution < -0.4 is 4.74 Å². The number of hydrogen-bond donors (Lipinski definition) is 1. The molecule has 2 nitrogen and oxygen atoms in total. The maximum absolute atomic E-state index is 9.16. The summed E-state index contributed by atoms with van der Waals surface area (Å²) in [6.07, 6.45) is -0.436. The largest absolute Gasteiger partial charge is 0.491 e. The molecule has 1 atom stereocenters. The van der Waals surface area contributed by atoms with Gasteiger partial charge >= 0.3 is 0 Å². The smallest absolute Gasteiger partial charge is 0.122 e. The number of aliphatic hydroxyl groups excluding tert-OH is 1. The molecule has 0 unspecified atom stereocenters. The Labute approximate surface area is 99.4 Å². The molecule has 15 heavy (non-hydrogen) atoms. The Morgan fingerprint density at radius 1 is 1.33 bits per heavy atom. The third kappa shape index (κ3) is 3.84. The van der Waals surface area contributed by atoms with Gasteiger partial charge < -0.3 is 9.84 Å². The lowest BCUT2D eigenvalue weighted by Gasteiger charge is -2.15. The van der Waals surface area contributed by atoms with E-state index in [1.165, 1.54) is 0 Å². The molecule has 0 spiro atoms. The fourth-order valence-electron chi connectivity index (χ4n) is 1.31. The molecule has 3 heteroatoms. The summed E-state index contributed by atoms with van der Waals surface area (Å²) in [5.74, 6) is 1.26. The fraction of sp³-hybridized carbons (Fsp3) is 0.500. The predicted octanol–water partition coefficient (Wildman–Crippen LogP) is 3.33. The van der Waals surface area contributed by atoms with Gasteiger partial charge in [-0.05, 0) is 36.6 Å². The van der Waals surface area contributed by atoms with Gasteiger partial charge in [0.2, 0.25) is 0 Å². The highest BCUT2D eigenvalue weighted by molar-refractivity contribution is 9.10. The van der Waals surface area contributed by atoms with Crippen LogP contribution in [0.2, 0.25) is 0 Å². The van der Waals surface area contributed by atoms with Gasteiger partial charge in [-0.3, -0.25) is 0 Å². The third-order valence-corrected chi connectivity index (χ3v) is 2.57. The lowest BCUT2D eigenvalue weighted by atomic mass is 10.0. The summed E-state index contributed by atoms with van der Waals surface area (Å²) in [5.41, 5.74) is 1.16. The Kier molecular flexibility index (Phi) is 4.61. The molecule has 0 saturated carbocycles. The average Bonchev–Trinajstić information content (AvgIpc) is 2.15. The molecule has 1 aromatic carbocycles. The molecular formula is C12H17BrO2. The van der Waals surface area contributed by atoms with Gasteiger partial charge in [-0.15, -0.1) is 0 Å². The zero-order valence-electron chi connectivity index (χ0n) is 9.33. The Hall–Kier alpha value is -0.540. The van der Waals surface area contributed by atoms with Gasteiger partial charge in [0, 0.05) is 4.47 Å². The normalized spacial score (nSPS) is 12.9. The van der Waals surface area contributed by atoms with Crippen LogP contribution in [0.25, 0.3) is 0 Å². The first kappa shape index (κ1) is 12.5. The first-order chi connectivity index (χ1) is 7.00. The Morgan fingerprint density at radius 2 is 2.00 bits per heavy atom. The molecule has 0 aliphatic rings. The molecule has 0 aliphatic carbocycles. The fourth-order valence-corrected chi connectivity index (χ4v) is 1.69. The van der Waals surface area contributed by atoms with Gasteiger partial charge in [0.05, 0.1) is 6.10 Å². The van der Waals surface area contributed by atoms with Crippen LogP contribution in [-0.4, -0.2) is 17.8 Å². The number of aliphatic hydroxyl groups is 1. The van der Waals surface area contributed by atoms with E-state index in [4.69, 9.17) is 9.84 Å². The van der Waals surface area contributed by atoms with Gasteiger partial charge in [0.25, 0.3) is 0 Å². The number of rotatable bonds is 4. The lowest BCUT2D eigenvalue weighted by Crippen LogP contribution is -2.13. The van der Waals surface area contributed by atoms with Crippen LogP contribution in [0.4, 0.5) is 0 Å². The highest BCUT2D eigenvalue weighted by atomic mass is 79.9. The van der Waals surface area contributed by atoms with E-state index in [-0.39, 0.29) is 0 Å². The van der Waals surface area contributed by atoms with Crippen LogP contribution in [0, 0.1) is 0 Å². The van der Waals surface area contributed by atoms with Crippen LogP contribution in [0.5, 0.6) is 5.75 Å². The highest BCUT2D eigenvalue weighted by Gasteiger charge is 2.09.